The van der Waals surface area contributed by atoms with Crippen molar-refractivity contribution in [2.24, 2.45) is 0 Å². The summed E-state index contributed by atoms with van der Waals surface area (Å²) < 4.78 is 0. The van der Waals surface area contributed by atoms with Crippen LogP contribution in [0, 0.1) is 6.92 Å². The Morgan fingerprint density at radius 2 is 2.00 bits per heavy atom. The van der Waals surface area contributed by atoms with Crippen molar-refractivity contribution in [2.45, 2.75) is 45.6 Å². The molecule has 0 radical (unpaired) electrons. The number of hydrogen-bond acceptors (Lipinski definition) is 3. The molecule has 2 N–H and O–H groups in total. The van der Waals surface area contributed by atoms with Crippen molar-refractivity contribution in [2.75, 3.05) is 25.0 Å². The van der Waals surface area contributed by atoms with Crippen LogP contribution < -0.4 is 10.2 Å². The van der Waals surface area contributed by atoms with Gasteiger partial charge in [0.05, 0.1) is 0 Å². The molecule has 4 heteroatoms. The second kappa shape index (κ2) is 8.03. The normalized spacial score (nSPS) is 13.7. The summed E-state index contributed by atoms with van der Waals surface area (Å²) in [6, 6.07) is 8.39. The number of aliphatic carboxylic acids is 1. The fraction of sp³-hybridized carbons (Fsp3) is 0.588. The van der Waals surface area contributed by atoms with Crippen LogP contribution in [0.2, 0.25) is 0 Å². The Kier molecular flexibility index (Phi) is 6.69. The van der Waals surface area contributed by atoms with Crippen LogP contribution in [-0.2, 0) is 4.79 Å². The topological polar surface area (TPSA) is 52.6 Å². The third kappa shape index (κ3) is 4.74. The van der Waals surface area contributed by atoms with Gasteiger partial charge in [-0.15, -0.1) is 0 Å². The SMILES string of the molecule is CCN(CCCCC(C)(NC)C(=O)O)c1ccccc1C. The van der Waals surface area contributed by atoms with Crippen LogP contribution in [-0.4, -0.2) is 36.8 Å². The number of aryl methyl sites for hydroxylation is 1. The first-order valence-electron chi connectivity index (χ1n) is 7.67. The van der Waals surface area contributed by atoms with Gasteiger partial charge in [-0.1, -0.05) is 18.2 Å². The molecular weight excluding hydrogens is 264 g/mol. The molecule has 118 valence electrons. The fourth-order valence-corrected chi connectivity index (χ4v) is 2.49. The molecule has 0 heterocycles. The molecule has 4 nitrogen and oxygen atoms in total. The average Bonchev–Trinajstić information content (AvgIpc) is 2.48. The summed E-state index contributed by atoms with van der Waals surface area (Å²) in [4.78, 5) is 13.6. The molecule has 21 heavy (non-hydrogen) atoms. The first kappa shape index (κ1) is 17.5. The molecule has 0 saturated carbocycles. The number of carbonyl (C=O) groups is 1. The highest BCUT2D eigenvalue weighted by Gasteiger charge is 2.30. The molecule has 0 spiro atoms. The third-order valence-corrected chi connectivity index (χ3v) is 4.22. The Morgan fingerprint density at radius 1 is 1.33 bits per heavy atom. The quantitative estimate of drug-likeness (QED) is 0.687. The van der Waals surface area contributed by atoms with E-state index in [1.807, 2.05) is 0 Å². The lowest BCUT2D eigenvalue weighted by Gasteiger charge is -2.27. The van der Waals surface area contributed by atoms with Crippen LogP contribution in [0.25, 0.3) is 0 Å². The lowest BCUT2D eigenvalue weighted by molar-refractivity contribution is -0.144. The molecule has 1 rings (SSSR count). The van der Waals surface area contributed by atoms with Crippen molar-refractivity contribution in [3.05, 3.63) is 29.8 Å². The molecule has 0 aliphatic carbocycles. The summed E-state index contributed by atoms with van der Waals surface area (Å²) in [5.41, 5.74) is 1.74. The van der Waals surface area contributed by atoms with E-state index in [0.29, 0.717) is 6.42 Å². The van der Waals surface area contributed by atoms with E-state index < -0.39 is 11.5 Å². The Balaban J connectivity index is 2.51. The zero-order valence-electron chi connectivity index (χ0n) is 13.6. The van der Waals surface area contributed by atoms with Crippen molar-refractivity contribution >= 4 is 11.7 Å². The number of para-hydroxylation sites is 1. The monoisotopic (exact) mass is 292 g/mol. The molecule has 0 saturated heterocycles. The zero-order valence-corrected chi connectivity index (χ0v) is 13.6. The predicted octanol–water partition coefficient (Wildman–Crippen LogP) is 3.05. The third-order valence-electron chi connectivity index (χ3n) is 4.22. The van der Waals surface area contributed by atoms with Crippen LogP contribution >= 0.6 is 0 Å². The Bertz CT molecular complexity index is 462. The zero-order chi connectivity index (χ0) is 15.9. The van der Waals surface area contributed by atoms with Gasteiger partial charge in [-0.05, 0) is 58.7 Å². The van der Waals surface area contributed by atoms with Crippen LogP contribution in [0.1, 0.15) is 38.7 Å². The second-order valence-corrected chi connectivity index (χ2v) is 5.71. The van der Waals surface area contributed by atoms with E-state index in [-0.39, 0.29) is 0 Å². The summed E-state index contributed by atoms with van der Waals surface area (Å²) in [7, 11) is 1.71. The summed E-state index contributed by atoms with van der Waals surface area (Å²) >= 11 is 0. The summed E-state index contributed by atoms with van der Waals surface area (Å²) in [5, 5.41) is 12.1. The summed E-state index contributed by atoms with van der Waals surface area (Å²) in [6.07, 6.45) is 2.53. The number of unbranched alkanes of at least 4 members (excludes halogenated alkanes) is 1. The number of nitrogens with one attached hydrogen (secondary N) is 1. The molecule has 0 amide bonds. The highest BCUT2D eigenvalue weighted by atomic mass is 16.4. The van der Waals surface area contributed by atoms with E-state index >= 15 is 0 Å². The second-order valence-electron chi connectivity index (χ2n) is 5.71. The maximum absolute atomic E-state index is 11.2. The van der Waals surface area contributed by atoms with Crippen molar-refractivity contribution in [3.8, 4) is 0 Å². The van der Waals surface area contributed by atoms with Crippen LogP contribution in [0.15, 0.2) is 24.3 Å². The van der Waals surface area contributed by atoms with Gasteiger partial charge in [-0.2, -0.15) is 0 Å². The smallest absolute Gasteiger partial charge is 0.323 e. The lowest BCUT2D eigenvalue weighted by atomic mass is 9.95. The molecule has 1 aromatic rings. The molecule has 0 bridgehead atoms. The summed E-state index contributed by atoms with van der Waals surface area (Å²) in [5.74, 6) is -0.781. The first-order chi connectivity index (χ1) is 9.94. The molecule has 1 aromatic carbocycles. The minimum absolute atomic E-state index is 0.643. The van der Waals surface area contributed by atoms with Gasteiger partial charge in [0, 0.05) is 18.8 Å². The average molecular weight is 292 g/mol. The van der Waals surface area contributed by atoms with E-state index in [1.165, 1.54) is 11.3 Å². The van der Waals surface area contributed by atoms with Gasteiger partial charge in [0.1, 0.15) is 5.54 Å². The van der Waals surface area contributed by atoms with Crippen molar-refractivity contribution < 1.29 is 9.90 Å². The largest absolute Gasteiger partial charge is 0.480 e. The lowest BCUT2D eigenvalue weighted by Crippen LogP contribution is -2.47. The van der Waals surface area contributed by atoms with E-state index in [2.05, 4.69) is 48.3 Å². The van der Waals surface area contributed by atoms with Crippen molar-refractivity contribution in [1.29, 1.82) is 0 Å². The predicted molar refractivity (Wildman–Crippen MR) is 88.0 cm³/mol. The Labute approximate surface area is 128 Å². The van der Waals surface area contributed by atoms with E-state index in [9.17, 15) is 9.90 Å². The number of benzene rings is 1. The molecular formula is C17H28N2O2. The Morgan fingerprint density at radius 3 is 2.52 bits per heavy atom. The van der Waals surface area contributed by atoms with Gasteiger partial charge < -0.3 is 15.3 Å². The molecule has 1 unspecified atom stereocenters. The number of likely N-dealkylation sites (N-methyl/N-ethyl adjacent to an activating group) is 1. The Hall–Kier alpha value is -1.55. The molecule has 0 aliphatic heterocycles. The van der Waals surface area contributed by atoms with Crippen LogP contribution in [0.4, 0.5) is 5.69 Å². The van der Waals surface area contributed by atoms with E-state index in [4.69, 9.17) is 0 Å². The van der Waals surface area contributed by atoms with Gasteiger partial charge in [-0.3, -0.25) is 4.79 Å². The minimum Gasteiger partial charge on any atom is -0.480 e. The fourth-order valence-electron chi connectivity index (χ4n) is 2.49. The number of hydrogen-bond donors (Lipinski definition) is 2. The number of rotatable bonds is 9. The van der Waals surface area contributed by atoms with Gasteiger partial charge in [0.15, 0.2) is 0 Å². The molecule has 0 fully saturated rings. The highest BCUT2D eigenvalue weighted by Crippen LogP contribution is 2.20. The van der Waals surface area contributed by atoms with Crippen molar-refractivity contribution in [3.63, 3.8) is 0 Å². The first-order valence-corrected chi connectivity index (χ1v) is 7.67. The number of carboxylic acid groups (broad SMARTS) is 1. The standard InChI is InChI=1S/C17H28N2O2/c1-5-19(15-11-7-6-10-14(15)2)13-9-8-12-17(3,18-4)16(20)21/h6-7,10-11,18H,5,8-9,12-13H2,1-4H3,(H,20,21). The number of carboxylic acids is 1. The molecule has 1 atom stereocenters. The van der Waals surface area contributed by atoms with Crippen LogP contribution in [0.5, 0.6) is 0 Å². The maximum atomic E-state index is 11.2. The highest BCUT2D eigenvalue weighted by molar-refractivity contribution is 5.78. The number of nitrogens with zero attached hydrogens (tertiary/aromatic N) is 1. The minimum atomic E-state index is -0.820. The number of anilines is 1. The van der Waals surface area contributed by atoms with E-state index in [0.717, 1.165) is 25.9 Å². The molecule has 0 aromatic heterocycles. The van der Waals surface area contributed by atoms with Gasteiger partial charge in [-0.25, -0.2) is 0 Å². The van der Waals surface area contributed by atoms with Crippen molar-refractivity contribution in [1.82, 2.24) is 5.32 Å². The molecule has 0 aliphatic rings. The maximum Gasteiger partial charge on any atom is 0.323 e. The van der Waals surface area contributed by atoms with Gasteiger partial charge in [0.2, 0.25) is 0 Å². The van der Waals surface area contributed by atoms with Crippen LogP contribution in [0.3, 0.4) is 0 Å². The van der Waals surface area contributed by atoms with Gasteiger partial charge in [0.25, 0.3) is 0 Å². The van der Waals surface area contributed by atoms with Gasteiger partial charge >= 0.3 is 5.97 Å². The van der Waals surface area contributed by atoms with E-state index in [1.54, 1.807) is 14.0 Å². The summed E-state index contributed by atoms with van der Waals surface area (Å²) in [6.45, 7) is 7.95.